The van der Waals surface area contributed by atoms with Crippen LogP contribution in [0.5, 0.6) is 5.75 Å². The number of urea groups is 1. The Kier molecular flexibility index (Phi) is 9.96. The number of nitrogens with zero attached hydrogens (tertiary/aromatic N) is 5. The second-order valence-corrected chi connectivity index (χ2v) is 13.5. The summed E-state index contributed by atoms with van der Waals surface area (Å²) in [5, 5.41) is 12.3. The number of aromatic hydroxyl groups is 1. The molecule has 0 radical (unpaired) electrons. The lowest BCUT2D eigenvalue weighted by atomic mass is 10.00. The van der Waals surface area contributed by atoms with Crippen molar-refractivity contribution in [3.05, 3.63) is 63.0 Å². The van der Waals surface area contributed by atoms with E-state index in [0.717, 1.165) is 43.0 Å². The van der Waals surface area contributed by atoms with Crippen LogP contribution in [-0.2, 0) is 17.4 Å². The summed E-state index contributed by atoms with van der Waals surface area (Å²) in [5.41, 5.74) is 0.0680. The molecule has 3 aliphatic rings. The number of benzene rings is 2. The SMILES string of the molecule is CN1CCC(N2CCN(C(=O)[C@@H](Cc3cc(Cl)c(O)c(C(F)(F)F)c3)NC(=O)N3CCC(n4c(=O)[nH]c5ccccc54)CC3)CC2)CC1. The Balaban J connectivity index is 1.16. The van der Waals surface area contributed by atoms with Crippen LogP contribution in [0.1, 0.15) is 42.9 Å². The number of nitrogens with one attached hydrogen (secondary N) is 2. The van der Waals surface area contributed by atoms with Gasteiger partial charge in [-0.25, -0.2) is 9.59 Å². The molecule has 0 bridgehead atoms. The normalized spacial score (nSPS) is 19.9. The Labute approximate surface area is 281 Å². The van der Waals surface area contributed by atoms with E-state index in [9.17, 15) is 32.7 Å². The second kappa shape index (κ2) is 14.0. The van der Waals surface area contributed by atoms with Gasteiger partial charge in [-0.2, -0.15) is 13.2 Å². The zero-order valence-corrected chi connectivity index (χ0v) is 27.6. The number of carbonyl (C=O) groups excluding carboxylic acids is 2. The highest BCUT2D eigenvalue weighted by Crippen LogP contribution is 2.40. The maximum atomic E-state index is 14.0. The number of para-hydroxylation sites is 2. The number of amides is 3. The highest BCUT2D eigenvalue weighted by Gasteiger charge is 2.37. The van der Waals surface area contributed by atoms with E-state index in [4.69, 9.17) is 11.6 Å². The van der Waals surface area contributed by atoms with Gasteiger partial charge in [-0.05, 0) is 75.6 Å². The quantitative estimate of drug-likeness (QED) is 0.361. The van der Waals surface area contributed by atoms with Crippen LogP contribution in [0, 0.1) is 0 Å². The van der Waals surface area contributed by atoms with E-state index in [2.05, 4.69) is 27.1 Å². The Bertz CT molecular complexity index is 1690. The number of aromatic nitrogens is 2. The topological polar surface area (TPSA) is 117 Å². The van der Waals surface area contributed by atoms with Crippen LogP contribution < -0.4 is 11.0 Å². The predicted molar refractivity (Wildman–Crippen MR) is 175 cm³/mol. The van der Waals surface area contributed by atoms with Crippen LogP contribution >= 0.6 is 11.6 Å². The summed E-state index contributed by atoms with van der Waals surface area (Å²) in [5.74, 6) is -1.47. The Morgan fingerprint density at radius 1 is 0.958 bits per heavy atom. The number of phenolic OH excluding ortho intramolecular Hbond substituents is 1. The fourth-order valence-electron chi connectivity index (χ4n) is 7.32. The van der Waals surface area contributed by atoms with Gasteiger partial charge in [0.15, 0.2) is 0 Å². The monoisotopic (exact) mass is 691 g/mol. The Hall–Kier alpha value is -3.75. The van der Waals surface area contributed by atoms with Gasteiger partial charge in [-0.1, -0.05) is 23.7 Å². The van der Waals surface area contributed by atoms with Crippen LogP contribution in [-0.4, -0.2) is 118 Å². The lowest BCUT2D eigenvalue weighted by Gasteiger charge is -2.43. The van der Waals surface area contributed by atoms with Crippen molar-refractivity contribution in [2.45, 2.75) is 56.4 Å². The number of halogens is 4. The first-order valence-corrected chi connectivity index (χ1v) is 16.8. The second-order valence-electron chi connectivity index (χ2n) is 13.1. The molecule has 1 atom stereocenters. The molecule has 3 saturated heterocycles. The number of hydrogen-bond donors (Lipinski definition) is 3. The van der Waals surface area contributed by atoms with Crippen molar-refractivity contribution in [1.29, 1.82) is 0 Å². The molecule has 3 aliphatic heterocycles. The number of rotatable bonds is 6. The molecule has 3 amide bonds. The Morgan fingerprint density at radius 2 is 1.60 bits per heavy atom. The Morgan fingerprint density at radius 3 is 2.27 bits per heavy atom. The average molecular weight is 692 g/mol. The summed E-state index contributed by atoms with van der Waals surface area (Å²) in [7, 11) is 2.10. The van der Waals surface area contributed by atoms with Crippen molar-refractivity contribution < 1.29 is 27.9 Å². The van der Waals surface area contributed by atoms with Crippen LogP contribution in [0.15, 0.2) is 41.2 Å². The number of phenols is 1. The molecule has 0 saturated carbocycles. The maximum absolute atomic E-state index is 14.0. The molecule has 3 N–H and O–H groups in total. The van der Waals surface area contributed by atoms with E-state index in [1.165, 1.54) is 6.07 Å². The smallest absolute Gasteiger partial charge is 0.420 e. The van der Waals surface area contributed by atoms with E-state index >= 15 is 0 Å². The molecule has 0 spiro atoms. The number of carbonyl (C=O) groups is 2. The van der Waals surface area contributed by atoms with Gasteiger partial charge in [-0.3, -0.25) is 14.3 Å². The number of aromatic amines is 1. The van der Waals surface area contributed by atoms with Crippen LogP contribution in [0.2, 0.25) is 5.02 Å². The minimum atomic E-state index is -4.87. The number of imidazole rings is 1. The highest BCUT2D eigenvalue weighted by atomic mass is 35.5. The molecule has 0 aliphatic carbocycles. The molecular weight excluding hydrogens is 651 g/mol. The fraction of sp³-hybridized carbons (Fsp3) is 0.545. The number of piperidine rings is 2. The van der Waals surface area contributed by atoms with Gasteiger partial charge < -0.3 is 30.1 Å². The van der Waals surface area contributed by atoms with Gasteiger partial charge in [0.05, 0.1) is 21.6 Å². The maximum Gasteiger partial charge on any atom is 0.420 e. The van der Waals surface area contributed by atoms with Crippen molar-refractivity contribution in [2.24, 2.45) is 0 Å². The average Bonchev–Trinajstić information content (AvgIpc) is 3.41. The first kappa shape index (κ1) is 34.1. The fourth-order valence-corrected chi connectivity index (χ4v) is 7.56. The van der Waals surface area contributed by atoms with E-state index in [1.54, 1.807) is 14.4 Å². The number of likely N-dealkylation sites (tertiary alicyclic amines) is 2. The molecule has 6 rings (SSSR count). The van der Waals surface area contributed by atoms with Gasteiger partial charge in [-0.15, -0.1) is 0 Å². The summed E-state index contributed by atoms with van der Waals surface area (Å²) in [4.78, 5) is 51.1. The summed E-state index contributed by atoms with van der Waals surface area (Å²) in [6, 6.07) is 8.02. The minimum absolute atomic E-state index is 0.0613. The standard InChI is InChI=1S/C33H41ClF3N7O4/c1-40-10-6-22(7-11-40)41-14-16-42(17-15-41)30(46)27(20-21-18-24(33(35,36)37)29(45)25(34)19-21)39-31(47)43-12-8-23(9-13-43)44-28-5-3-2-4-26(28)38-32(44)48/h2-5,18-19,22-23,27,45H,6-17,20H2,1H3,(H,38,48)(H,39,47)/t27-/m1/s1. The minimum Gasteiger partial charge on any atom is -0.506 e. The third kappa shape index (κ3) is 7.30. The van der Waals surface area contributed by atoms with E-state index in [0.29, 0.717) is 58.2 Å². The predicted octanol–water partition coefficient (Wildman–Crippen LogP) is 3.90. The number of fused-ring (bicyclic) bond motifs is 1. The van der Waals surface area contributed by atoms with Crippen molar-refractivity contribution in [1.82, 2.24) is 34.5 Å². The summed E-state index contributed by atoms with van der Waals surface area (Å²) in [6.07, 6.45) is -1.99. The first-order valence-electron chi connectivity index (χ1n) is 16.4. The number of H-pyrrole nitrogens is 1. The van der Waals surface area contributed by atoms with E-state index in [1.807, 2.05) is 24.3 Å². The van der Waals surface area contributed by atoms with Gasteiger partial charge in [0.1, 0.15) is 11.8 Å². The number of piperazine rings is 1. The molecule has 48 heavy (non-hydrogen) atoms. The van der Waals surface area contributed by atoms with Crippen LogP contribution in [0.25, 0.3) is 11.0 Å². The molecule has 4 heterocycles. The third-order valence-electron chi connectivity index (χ3n) is 10.0. The van der Waals surface area contributed by atoms with Gasteiger partial charge in [0, 0.05) is 57.8 Å². The van der Waals surface area contributed by atoms with E-state index in [-0.39, 0.29) is 29.6 Å². The third-order valence-corrected chi connectivity index (χ3v) is 10.3. The van der Waals surface area contributed by atoms with Crippen LogP contribution in [0.3, 0.4) is 0 Å². The zero-order valence-electron chi connectivity index (χ0n) is 26.8. The first-order chi connectivity index (χ1) is 22.9. The molecule has 260 valence electrons. The largest absolute Gasteiger partial charge is 0.506 e. The number of alkyl halides is 3. The van der Waals surface area contributed by atoms with E-state index < -0.39 is 34.6 Å². The lowest BCUT2D eigenvalue weighted by Crippen LogP contribution is -2.59. The molecule has 0 unspecified atom stereocenters. The van der Waals surface area contributed by atoms with Gasteiger partial charge in [0.2, 0.25) is 5.91 Å². The molecule has 2 aromatic carbocycles. The molecule has 11 nitrogen and oxygen atoms in total. The summed E-state index contributed by atoms with van der Waals surface area (Å²) in [6.45, 7) is 4.89. The van der Waals surface area contributed by atoms with Gasteiger partial charge in [0.25, 0.3) is 0 Å². The van der Waals surface area contributed by atoms with Crippen molar-refractivity contribution in [2.75, 3.05) is 59.4 Å². The summed E-state index contributed by atoms with van der Waals surface area (Å²) >= 11 is 5.99. The number of hydrogen-bond acceptors (Lipinski definition) is 6. The van der Waals surface area contributed by atoms with Crippen molar-refractivity contribution in [3.8, 4) is 5.75 Å². The van der Waals surface area contributed by atoms with Crippen LogP contribution in [0.4, 0.5) is 18.0 Å². The summed E-state index contributed by atoms with van der Waals surface area (Å²) < 4.78 is 42.8. The molecule has 3 aromatic rings. The molecule has 1 aromatic heterocycles. The van der Waals surface area contributed by atoms with Crippen molar-refractivity contribution >= 4 is 34.6 Å². The lowest BCUT2D eigenvalue weighted by molar-refractivity contribution is -0.138. The molecule has 15 heteroatoms. The zero-order chi connectivity index (χ0) is 34.2. The van der Waals surface area contributed by atoms with Crippen molar-refractivity contribution in [3.63, 3.8) is 0 Å². The molecule has 3 fully saturated rings. The molecular formula is C33H41ClF3N7O4. The highest BCUT2D eigenvalue weighted by molar-refractivity contribution is 6.32. The van der Waals surface area contributed by atoms with Gasteiger partial charge >= 0.3 is 17.9 Å².